The van der Waals surface area contributed by atoms with Crippen LogP contribution in [0.3, 0.4) is 0 Å². The number of benzene rings is 1. The van der Waals surface area contributed by atoms with Gasteiger partial charge in [-0.1, -0.05) is 6.92 Å². The van der Waals surface area contributed by atoms with Crippen molar-refractivity contribution in [2.45, 2.75) is 32.4 Å². The lowest BCUT2D eigenvalue weighted by atomic mass is 9.90. The number of nitrogens with zero attached hydrogens (tertiary/aromatic N) is 1. The van der Waals surface area contributed by atoms with E-state index in [0.29, 0.717) is 6.04 Å². The van der Waals surface area contributed by atoms with Crippen LogP contribution in [0, 0.1) is 5.92 Å². The van der Waals surface area contributed by atoms with E-state index in [1.165, 1.54) is 17.5 Å². The molecule has 2 unspecified atom stereocenters. The molecule has 0 radical (unpaired) electrons. The van der Waals surface area contributed by atoms with Crippen molar-refractivity contribution in [2.75, 3.05) is 33.9 Å². The predicted octanol–water partition coefficient (Wildman–Crippen LogP) is 2.06. The Hall–Kier alpha value is -1.26. The van der Waals surface area contributed by atoms with Crippen LogP contribution < -0.4 is 14.8 Å². The molecule has 3 rings (SSSR count). The number of ether oxygens (including phenoxy) is 2. The Morgan fingerprint density at radius 3 is 2.52 bits per heavy atom. The molecule has 1 N–H and O–H groups in total. The number of nitrogens with one attached hydrogen (secondary N) is 1. The summed E-state index contributed by atoms with van der Waals surface area (Å²) in [5.41, 5.74) is 2.80. The number of rotatable bonds is 3. The highest BCUT2D eigenvalue weighted by atomic mass is 16.5. The Labute approximate surface area is 127 Å². The first kappa shape index (κ1) is 14.7. The lowest BCUT2D eigenvalue weighted by molar-refractivity contribution is 0.107. The first-order valence-corrected chi connectivity index (χ1v) is 7.91. The maximum Gasteiger partial charge on any atom is 0.161 e. The van der Waals surface area contributed by atoms with Crippen LogP contribution in [0.2, 0.25) is 0 Å². The highest BCUT2D eigenvalue weighted by Crippen LogP contribution is 2.34. The molecule has 1 aromatic carbocycles. The molecule has 0 aromatic heterocycles. The second-order valence-corrected chi connectivity index (χ2v) is 6.23. The van der Waals surface area contributed by atoms with E-state index in [9.17, 15) is 0 Å². The van der Waals surface area contributed by atoms with Crippen LogP contribution >= 0.6 is 0 Å². The molecule has 21 heavy (non-hydrogen) atoms. The second kappa shape index (κ2) is 6.24. The van der Waals surface area contributed by atoms with Crippen molar-refractivity contribution in [3.63, 3.8) is 0 Å². The van der Waals surface area contributed by atoms with Crippen molar-refractivity contribution in [2.24, 2.45) is 5.92 Å². The Kier molecular flexibility index (Phi) is 4.36. The molecule has 0 amide bonds. The highest BCUT2D eigenvalue weighted by Gasteiger charge is 2.30. The van der Waals surface area contributed by atoms with Gasteiger partial charge in [0.1, 0.15) is 0 Å². The van der Waals surface area contributed by atoms with Crippen molar-refractivity contribution in [1.29, 1.82) is 0 Å². The van der Waals surface area contributed by atoms with Gasteiger partial charge in [-0.2, -0.15) is 0 Å². The van der Waals surface area contributed by atoms with E-state index < -0.39 is 0 Å². The van der Waals surface area contributed by atoms with Crippen LogP contribution in [0.15, 0.2) is 12.1 Å². The molecule has 116 valence electrons. The minimum atomic E-state index is 0.701. The lowest BCUT2D eigenvalue weighted by Gasteiger charge is -2.41. The summed E-state index contributed by atoms with van der Waals surface area (Å²) in [6, 6.07) is 5.01. The average Bonchev–Trinajstić information content (AvgIpc) is 2.53. The highest BCUT2D eigenvalue weighted by molar-refractivity contribution is 5.48. The molecule has 4 nitrogen and oxygen atoms in total. The third kappa shape index (κ3) is 2.87. The minimum absolute atomic E-state index is 0.701. The smallest absolute Gasteiger partial charge is 0.161 e. The Balaban J connectivity index is 1.81. The van der Waals surface area contributed by atoms with Crippen LogP contribution in [0.5, 0.6) is 11.5 Å². The third-order valence-corrected chi connectivity index (χ3v) is 4.96. The van der Waals surface area contributed by atoms with E-state index in [2.05, 4.69) is 29.3 Å². The number of methoxy groups -OCH3 is 2. The molecular formula is C17H26N2O2. The van der Waals surface area contributed by atoms with E-state index in [1.54, 1.807) is 14.2 Å². The van der Waals surface area contributed by atoms with Crippen LogP contribution in [0.25, 0.3) is 0 Å². The SMILES string of the molecule is COc1cc2c(cc1OC)CN(C1CCNCC1C)CC2. The van der Waals surface area contributed by atoms with E-state index in [1.807, 2.05) is 0 Å². The maximum atomic E-state index is 5.45. The summed E-state index contributed by atoms with van der Waals surface area (Å²) in [6.07, 6.45) is 2.36. The van der Waals surface area contributed by atoms with Crippen molar-refractivity contribution in [3.05, 3.63) is 23.3 Å². The van der Waals surface area contributed by atoms with Gasteiger partial charge in [0.15, 0.2) is 11.5 Å². The topological polar surface area (TPSA) is 33.7 Å². The molecule has 4 heteroatoms. The molecule has 0 spiro atoms. The third-order valence-electron chi connectivity index (χ3n) is 4.96. The first-order valence-electron chi connectivity index (χ1n) is 7.91. The quantitative estimate of drug-likeness (QED) is 0.924. The molecule has 1 aromatic rings. The molecule has 2 aliphatic rings. The van der Waals surface area contributed by atoms with Gasteiger partial charge in [0, 0.05) is 19.1 Å². The van der Waals surface area contributed by atoms with Crippen LogP contribution in [0.1, 0.15) is 24.5 Å². The number of fused-ring (bicyclic) bond motifs is 1. The van der Waals surface area contributed by atoms with Gasteiger partial charge >= 0.3 is 0 Å². The Morgan fingerprint density at radius 2 is 1.86 bits per heavy atom. The van der Waals surface area contributed by atoms with Crippen LogP contribution in [-0.4, -0.2) is 44.8 Å². The summed E-state index contributed by atoms with van der Waals surface area (Å²) in [5.74, 6) is 2.41. The zero-order chi connectivity index (χ0) is 14.8. The Bertz CT molecular complexity index is 504. The molecule has 2 heterocycles. The standard InChI is InChI=1S/C17H26N2O2/c1-12-10-18-6-4-15(12)19-7-5-13-8-16(20-2)17(21-3)9-14(13)11-19/h8-9,12,15,18H,4-7,10-11H2,1-3H3. The Morgan fingerprint density at radius 1 is 1.14 bits per heavy atom. The summed E-state index contributed by atoms with van der Waals surface area (Å²) >= 11 is 0. The molecule has 0 aliphatic carbocycles. The monoisotopic (exact) mass is 290 g/mol. The van der Waals surface area contributed by atoms with E-state index in [4.69, 9.17) is 9.47 Å². The van der Waals surface area contributed by atoms with Gasteiger partial charge < -0.3 is 14.8 Å². The minimum Gasteiger partial charge on any atom is -0.493 e. The van der Waals surface area contributed by atoms with Gasteiger partial charge in [0.2, 0.25) is 0 Å². The van der Waals surface area contributed by atoms with Crippen molar-refractivity contribution in [1.82, 2.24) is 10.2 Å². The number of piperidine rings is 1. The molecule has 1 fully saturated rings. The van der Waals surface area contributed by atoms with E-state index in [0.717, 1.165) is 50.0 Å². The number of hydrogen-bond acceptors (Lipinski definition) is 4. The molecule has 0 saturated carbocycles. The van der Waals surface area contributed by atoms with Crippen molar-refractivity contribution < 1.29 is 9.47 Å². The predicted molar refractivity (Wildman–Crippen MR) is 84.1 cm³/mol. The molecule has 1 saturated heterocycles. The number of hydrogen-bond donors (Lipinski definition) is 1. The zero-order valence-electron chi connectivity index (χ0n) is 13.3. The van der Waals surface area contributed by atoms with Gasteiger partial charge in [-0.15, -0.1) is 0 Å². The molecule has 2 aliphatic heterocycles. The van der Waals surface area contributed by atoms with Crippen molar-refractivity contribution >= 4 is 0 Å². The molecule has 0 bridgehead atoms. The fourth-order valence-electron chi connectivity index (χ4n) is 3.73. The van der Waals surface area contributed by atoms with Crippen LogP contribution in [-0.2, 0) is 13.0 Å². The van der Waals surface area contributed by atoms with Gasteiger partial charge in [0.25, 0.3) is 0 Å². The van der Waals surface area contributed by atoms with E-state index >= 15 is 0 Å². The summed E-state index contributed by atoms with van der Waals surface area (Å²) in [6.45, 7) is 6.83. The van der Waals surface area contributed by atoms with Gasteiger partial charge in [-0.05, 0) is 55.1 Å². The van der Waals surface area contributed by atoms with Crippen LogP contribution in [0.4, 0.5) is 0 Å². The fourth-order valence-corrected chi connectivity index (χ4v) is 3.73. The van der Waals surface area contributed by atoms with Crippen molar-refractivity contribution in [3.8, 4) is 11.5 Å². The largest absolute Gasteiger partial charge is 0.493 e. The summed E-state index contributed by atoms with van der Waals surface area (Å²) in [5, 5.41) is 3.49. The van der Waals surface area contributed by atoms with Gasteiger partial charge in [-0.3, -0.25) is 4.90 Å². The first-order chi connectivity index (χ1) is 10.2. The average molecular weight is 290 g/mol. The molecule has 2 atom stereocenters. The summed E-state index contributed by atoms with van der Waals surface area (Å²) in [7, 11) is 3.41. The fraction of sp³-hybridized carbons (Fsp3) is 0.647. The lowest BCUT2D eigenvalue weighted by Crippen LogP contribution is -2.50. The summed E-state index contributed by atoms with van der Waals surface area (Å²) in [4.78, 5) is 2.65. The van der Waals surface area contributed by atoms with E-state index in [-0.39, 0.29) is 0 Å². The zero-order valence-corrected chi connectivity index (χ0v) is 13.3. The maximum absolute atomic E-state index is 5.45. The summed E-state index contributed by atoms with van der Waals surface area (Å²) < 4.78 is 10.9. The second-order valence-electron chi connectivity index (χ2n) is 6.23. The normalized spacial score (nSPS) is 26.2. The molecular weight excluding hydrogens is 264 g/mol. The van der Waals surface area contributed by atoms with Gasteiger partial charge in [-0.25, -0.2) is 0 Å². The van der Waals surface area contributed by atoms with Gasteiger partial charge in [0.05, 0.1) is 14.2 Å².